The normalized spacial score (nSPS) is 18.7. The van der Waals surface area contributed by atoms with Crippen LogP contribution in [0.1, 0.15) is 56.7 Å². The summed E-state index contributed by atoms with van der Waals surface area (Å²) in [5.41, 5.74) is 3.06. The second-order valence-corrected chi connectivity index (χ2v) is 17.6. The molecule has 1 aliphatic rings. The van der Waals surface area contributed by atoms with Gasteiger partial charge < -0.3 is 19.2 Å². The van der Waals surface area contributed by atoms with Crippen LogP contribution >= 0.6 is 22.9 Å². The number of ether oxygens (including phenoxy) is 1. The van der Waals surface area contributed by atoms with Gasteiger partial charge in [0.15, 0.2) is 0 Å². The van der Waals surface area contributed by atoms with Crippen LogP contribution in [0.15, 0.2) is 78.4 Å². The van der Waals surface area contributed by atoms with Gasteiger partial charge in [-0.1, -0.05) is 93.0 Å². The Morgan fingerprint density at radius 2 is 1.64 bits per heavy atom. The molecule has 5 nitrogen and oxygen atoms in total. The monoisotopic (exact) mass is 624 g/mol. The predicted octanol–water partition coefficient (Wildman–Crippen LogP) is 6.71. The van der Waals surface area contributed by atoms with E-state index in [0.29, 0.717) is 23.7 Å². The van der Waals surface area contributed by atoms with E-state index in [-0.39, 0.29) is 34.4 Å². The van der Waals surface area contributed by atoms with Crippen LogP contribution in [0, 0.1) is 5.82 Å². The summed E-state index contributed by atoms with van der Waals surface area (Å²) in [6, 6.07) is 22.5. The van der Waals surface area contributed by atoms with Crippen LogP contribution in [-0.2, 0) is 15.8 Å². The van der Waals surface area contributed by atoms with Crippen molar-refractivity contribution in [1.29, 1.82) is 0 Å². The van der Waals surface area contributed by atoms with E-state index in [1.807, 2.05) is 26.0 Å². The first-order chi connectivity index (χ1) is 20.0. The molecule has 42 heavy (non-hydrogen) atoms. The molecule has 3 aromatic carbocycles. The Morgan fingerprint density at radius 3 is 2.14 bits per heavy atom. The summed E-state index contributed by atoms with van der Waals surface area (Å²) in [6.07, 6.45) is 0.250. The lowest BCUT2D eigenvalue weighted by molar-refractivity contribution is -0.00532. The minimum absolute atomic E-state index is 0.0154. The molecule has 1 saturated heterocycles. The van der Waals surface area contributed by atoms with E-state index >= 15 is 4.39 Å². The molecule has 5 rings (SSSR count). The first kappa shape index (κ1) is 30.9. The zero-order valence-electron chi connectivity index (χ0n) is 24.7. The molecular weight excluding hydrogens is 587 g/mol. The van der Waals surface area contributed by atoms with Crippen molar-refractivity contribution in [2.75, 3.05) is 18.0 Å². The third-order valence-electron chi connectivity index (χ3n) is 7.90. The second kappa shape index (κ2) is 12.6. The van der Waals surface area contributed by atoms with Gasteiger partial charge in [0.05, 0.1) is 34.9 Å². The van der Waals surface area contributed by atoms with Crippen molar-refractivity contribution in [2.24, 2.45) is 0 Å². The lowest BCUT2D eigenvalue weighted by atomic mass is 10.0. The molecule has 0 aliphatic carbocycles. The van der Waals surface area contributed by atoms with Gasteiger partial charge in [-0.3, -0.25) is 4.98 Å². The van der Waals surface area contributed by atoms with E-state index in [1.165, 1.54) is 11.3 Å². The molecule has 4 aromatic rings. The van der Waals surface area contributed by atoms with Gasteiger partial charge >= 0.3 is 0 Å². The average Bonchev–Trinajstić information content (AvgIpc) is 3.50. The smallest absolute Gasteiger partial charge is 0.261 e. The van der Waals surface area contributed by atoms with Crippen LogP contribution in [0.25, 0.3) is 0 Å². The van der Waals surface area contributed by atoms with E-state index in [9.17, 15) is 5.11 Å². The first-order valence-corrected chi connectivity index (χ1v) is 17.4. The van der Waals surface area contributed by atoms with Crippen molar-refractivity contribution in [3.8, 4) is 0 Å². The average molecular weight is 625 g/mol. The van der Waals surface area contributed by atoms with Crippen LogP contribution in [-0.4, -0.2) is 43.7 Å². The number of hydrogen-bond acceptors (Lipinski definition) is 6. The Hall–Kier alpha value is -2.59. The van der Waals surface area contributed by atoms with Gasteiger partial charge in [0.25, 0.3) is 8.32 Å². The topological polar surface area (TPSA) is 54.8 Å². The number of aromatic nitrogens is 1. The van der Waals surface area contributed by atoms with Crippen molar-refractivity contribution in [3.63, 3.8) is 0 Å². The molecule has 9 heteroatoms. The number of anilines is 1. The van der Waals surface area contributed by atoms with Crippen LogP contribution in [0.3, 0.4) is 0 Å². The molecule has 0 bridgehead atoms. The quantitative estimate of drug-likeness (QED) is 0.221. The van der Waals surface area contributed by atoms with Crippen LogP contribution in [0.4, 0.5) is 10.1 Å². The SMILES string of the molecule is CC1CN(c2c(CO[Si](c3ccccc3)(c3ccccc3)C(C)(C)C)cc(C(O)c3cncs3)c(F)c2Cl)CC(C)O1. The zero-order valence-corrected chi connectivity index (χ0v) is 27.3. The van der Waals surface area contributed by atoms with Crippen LogP contribution < -0.4 is 15.3 Å². The molecule has 3 atom stereocenters. The number of halogens is 2. The van der Waals surface area contributed by atoms with E-state index in [2.05, 4.69) is 79.2 Å². The van der Waals surface area contributed by atoms with E-state index in [0.717, 1.165) is 15.9 Å². The van der Waals surface area contributed by atoms with Gasteiger partial charge in [-0.15, -0.1) is 11.3 Å². The van der Waals surface area contributed by atoms with Gasteiger partial charge in [0.2, 0.25) is 0 Å². The van der Waals surface area contributed by atoms with Crippen LogP contribution in [0.5, 0.6) is 0 Å². The fourth-order valence-electron chi connectivity index (χ4n) is 6.16. The van der Waals surface area contributed by atoms with Crippen molar-refractivity contribution >= 4 is 47.3 Å². The zero-order chi connectivity index (χ0) is 30.1. The molecule has 2 heterocycles. The highest BCUT2D eigenvalue weighted by Crippen LogP contribution is 2.42. The lowest BCUT2D eigenvalue weighted by Crippen LogP contribution is -2.66. The van der Waals surface area contributed by atoms with Gasteiger partial charge in [0.1, 0.15) is 16.9 Å². The molecule has 1 aliphatic heterocycles. The number of thiazole rings is 1. The maximum Gasteiger partial charge on any atom is 0.261 e. The Morgan fingerprint density at radius 1 is 1.07 bits per heavy atom. The van der Waals surface area contributed by atoms with E-state index in [4.69, 9.17) is 20.8 Å². The van der Waals surface area contributed by atoms with Gasteiger partial charge in [-0.25, -0.2) is 4.39 Å². The minimum atomic E-state index is -2.91. The fraction of sp³-hybridized carbons (Fsp3) is 0.364. The molecule has 1 fully saturated rings. The third-order valence-corrected chi connectivity index (χ3v) is 14.1. The largest absolute Gasteiger partial charge is 0.403 e. The highest BCUT2D eigenvalue weighted by atomic mass is 35.5. The third kappa shape index (κ3) is 5.93. The number of aliphatic hydroxyl groups excluding tert-OH is 1. The molecular formula is C33H38ClFN2O3SSi. The van der Waals surface area contributed by atoms with E-state index < -0.39 is 20.2 Å². The molecule has 222 valence electrons. The Labute approximate surface area is 258 Å². The summed E-state index contributed by atoms with van der Waals surface area (Å²) in [6.45, 7) is 12.0. The summed E-state index contributed by atoms with van der Waals surface area (Å²) < 4.78 is 29.3. The van der Waals surface area contributed by atoms with Crippen molar-refractivity contribution in [2.45, 2.75) is 64.6 Å². The van der Waals surface area contributed by atoms with Gasteiger partial charge in [-0.2, -0.15) is 0 Å². The Balaban J connectivity index is 1.67. The number of aliphatic hydroxyl groups is 1. The molecule has 1 aromatic heterocycles. The fourth-order valence-corrected chi connectivity index (χ4v) is 11.7. The minimum Gasteiger partial charge on any atom is -0.403 e. The number of benzene rings is 3. The van der Waals surface area contributed by atoms with Crippen molar-refractivity contribution in [3.05, 3.63) is 105 Å². The number of hydrogen-bond donors (Lipinski definition) is 1. The van der Waals surface area contributed by atoms with Crippen molar-refractivity contribution < 1.29 is 18.7 Å². The van der Waals surface area contributed by atoms with Gasteiger partial charge in [-0.05, 0) is 35.3 Å². The standard InChI is InChI=1S/C33H38ClFN2O3SSi/c1-22-18-37(19-23(2)40-22)31-24(16-27(30(35)29(31)34)32(38)28-17-36-21-41-28)20-39-42(33(3,4)5,25-12-8-6-9-13-25)26-14-10-7-11-15-26/h6-17,21-23,32,38H,18-20H2,1-5H3. The van der Waals surface area contributed by atoms with Crippen molar-refractivity contribution in [1.82, 2.24) is 4.98 Å². The molecule has 0 spiro atoms. The summed E-state index contributed by atoms with van der Waals surface area (Å²) in [5.74, 6) is -0.631. The first-order valence-electron chi connectivity index (χ1n) is 14.3. The van der Waals surface area contributed by atoms with E-state index in [1.54, 1.807) is 17.8 Å². The second-order valence-electron chi connectivity index (χ2n) is 12.0. The predicted molar refractivity (Wildman–Crippen MR) is 172 cm³/mol. The summed E-state index contributed by atoms with van der Waals surface area (Å²) >= 11 is 8.16. The van der Waals surface area contributed by atoms with Gasteiger partial charge in [0, 0.05) is 30.4 Å². The molecule has 0 saturated carbocycles. The summed E-state index contributed by atoms with van der Waals surface area (Å²) in [4.78, 5) is 6.72. The maximum atomic E-state index is 16.0. The number of nitrogens with zero attached hydrogens (tertiary/aromatic N) is 2. The maximum absolute atomic E-state index is 16.0. The summed E-state index contributed by atoms with van der Waals surface area (Å²) in [7, 11) is -2.91. The molecule has 0 amide bonds. The van der Waals surface area contributed by atoms with Crippen LogP contribution in [0.2, 0.25) is 10.1 Å². The number of morpholine rings is 1. The molecule has 0 radical (unpaired) electrons. The highest BCUT2D eigenvalue weighted by Gasteiger charge is 2.50. The lowest BCUT2D eigenvalue weighted by Gasteiger charge is -2.43. The highest BCUT2D eigenvalue weighted by molar-refractivity contribution is 7.09. The Bertz CT molecular complexity index is 1440. The molecule has 3 unspecified atom stereocenters. The number of rotatable bonds is 8. The molecule has 1 N–H and O–H groups in total. The Kier molecular flexibility index (Phi) is 9.23. The summed E-state index contributed by atoms with van der Waals surface area (Å²) in [5, 5.41) is 13.3.